The van der Waals surface area contributed by atoms with E-state index in [1.54, 1.807) is 7.11 Å². The quantitative estimate of drug-likeness (QED) is 0.471. The number of hydrogen-bond donors (Lipinski definition) is 2. The van der Waals surface area contributed by atoms with Crippen molar-refractivity contribution in [1.82, 2.24) is 10.2 Å². The van der Waals surface area contributed by atoms with Crippen molar-refractivity contribution in [3.63, 3.8) is 0 Å². The number of methoxy groups -OCH3 is 1. The second-order valence-corrected chi connectivity index (χ2v) is 8.89. The number of likely N-dealkylation sites (tertiary alicyclic amines) is 1. The lowest BCUT2D eigenvalue weighted by atomic mass is 9.89. The molecule has 3 aromatic rings. The number of nitrogens with zero attached hydrogens (tertiary/aromatic N) is 1. The Morgan fingerprint density at radius 1 is 1.03 bits per heavy atom. The maximum Gasteiger partial charge on any atom is 0.321 e. The minimum absolute atomic E-state index is 0.0790. The van der Waals surface area contributed by atoms with Crippen LogP contribution in [0.25, 0.3) is 0 Å². The van der Waals surface area contributed by atoms with Gasteiger partial charge in [0.05, 0.1) is 7.11 Å². The molecule has 3 aromatic carbocycles. The Morgan fingerprint density at radius 3 is 2.60 bits per heavy atom. The third-order valence-electron chi connectivity index (χ3n) is 6.57. The number of nitrogens with one attached hydrogen (secondary N) is 2. The lowest BCUT2D eigenvalue weighted by Gasteiger charge is -2.33. The van der Waals surface area contributed by atoms with E-state index >= 15 is 0 Å². The third kappa shape index (κ3) is 6.21. The van der Waals surface area contributed by atoms with Crippen molar-refractivity contribution in [2.75, 3.05) is 25.5 Å². The Labute approximate surface area is 207 Å². The molecule has 2 N–H and O–H groups in total. The molecule has 1 saturated heterocycles. The van der Waals surface area contributed by atoms with Gasteiger partial charge in [0, 0.05) is 42.4 Å². The summed E-state index contributed by atoms with van der Waals surface area (Å²) in [5, 5.41) is 6.01. The van der Waals surface area contributed by atoms with Gasteiger partial charge in [0.25, 0.3) is 5.91 Å². The van der Waals surface area contributed by atoms with Crippen LogP contribution < -0.4 is 15.4 Å². The van der Waals surface area contributed by atoms with Gasteiger partial charge in [-0.2, -0.15) is 0 Å². The van der Waals surface area contributed by atoms with Crippen LogP contribution in [-0.4, -0.2) is 37.0 Å². The summed E-state index contributed by atoms with van der Waals surface area (Å²) in [6, 6.07) is 23.3. The fraction of sp³-hybridized carbons (Fsp3) is 0.310. The molecule has 0 bridgehead atoms. The van der Waals surface area contributed by atoms with Crippen LogP contribution in [0.4, 0.5) is 10.5 Å². The Morgan fingerprint density at radius 2 is 1.83 bits per heavy atom. The molecule has 1 aliphatic rings. The van der Waals surface area contributed by atoms with E-state index in [4.69, 9.17) is 4.74 Å². The minimum Gasteiger partial charge on any atom is -0.496 e. The Hall–Kier alpha value is -3.80. The number of carbonyl (C=O) groups is 2. The van der Waals surface area contributed by atoms with Crippen molar-refractivity contribution < 1.29 is 14.3 Å². The van der Waals surface area contributed by atoms with E-state index in [1.165, 1.54) is 5.56 Å². The van der Waals surface area contributed by atoms with Crippen LogP contribution >= 0.6 is 0 Å². The van der Waals surface area contributed by atoms with E-state index < -0.39 is 0 Å². The van der Waals surface area contributed by atoms with E-state index in [9.17, 15) is 9.59 Å². The van der Waals surface area contributed by atoms with Gasteiger partial charge < -0.3 is 20.3 Å². The van der Waals surface area contributed by atoms with Crippen LogP contribution in [-0.2, 0) is 13.0 Å². The monoisotopic (exact) mass is 471 g/mol. The molecule has 182 valence electrons. The highest BCUT2D eigenvalue weighted by Crippen LogP contribution is 2.28. The fourth-order valence-electron chi connectivity index (χ4n) is 4.52. The zero-order chi connectivity index (χ0) is 24.6. The molecule has 1 unspecified atom stereocenters. The van der Waals surface area contributed by atoms with Gasteiger partial charge in [0.2, 0.25) is 0 Å². The van der Waals surface area contributed by atoms with Gasteiger partial charge in [-0.3, -0.25) is 4.79 Å². The first-order valence-corrected chi connectivity index (χ1v) is 12.2. The lowest BCUT2D eigenvalue weighted by Crippen LogP contribution is -2.41. The molecular formula is C29H33N3O3. The van der Waals surface area contributed by atoms with E-state index in [0.29, 0.717) is 18.7 Å². The number of anilines is 1. The van der Waals surface area contributed by atoms with Crippen LogP contribution in [0.1, 0.15) is 52.7 Å². The molecule has 1 atom stereocenters. The Balaban J connectivity index is 1.38. The van der Waals surface area contributed by atoms with E-state index in [2.05, 4.69) is 17.6 Å². The van der Waals surface area contributed by atoms with Gasteiger partial charge in [0.15, 0.2) is 0 Å². The summed E-state index contributed by atoms with van der Waals surface area (Å²) < 4.78 is 5.37. The molecule has 0 saturated carbocycles. The highest BCUT2D eigenvalue weighted by molar-refractivity contribution is 5.94. The summed E-state index contributed by atoms with van der Waals surface area (Å²) in [6.45, 7) is 3.86. The minimum atomic E-state index is -0.126. The number of hydrogen-bond acceptors (Lipinski definition) is 3. The average molecular weight is 472 g/mol. The average Bonchev–Trinajstić information content (AvgIpc) is 2.92. The van der Waals surface area contributed by atoms with Crippen molar-refractivity contribution >= 4 is 17.6 Å². The number of piperidine rings is 1. The van der Waals surface area contributed by atoms with Crippen molar-refractivity contribution in [3.8, 4) is 5.75 Å². The summed E-state index contributed by atoms with van der Waals surface area (Å²) in [5.41, 5.74) is 4.68. The molecule has 0 radical (unpaired) electrons. The molecule has 1 heterocycles. The molecule has 3 amide bonds. The molecule has 1 fully saturated rings. The first kappa shape index (κ1) is 24.3. The number of rotatable bonds is 7. The Bertz CT molecular complexity index is 1160. The molecule has 6 heteroatoms. The highest BCUT2D eigenvalue weighted by atomic mass is 16.5. The Kier molecular flexibility index (Phi) is 8.03. The predicted molar refractivity (Wildman–Crippen MR) is 139 cm³/mol. The standard InChI is InChI=1S/C29H33N3O3/c1-3-21-13-15-26(16-14-21)31-29(34)32-17-7-11-25(20-32)22-9-6-10-23(18-22)28(33)30-19-24-8-4-5-12-27(24)35-2/h4-6,8-10,12-16,18,25H,3,7,11,17,19-20H2,1-2H3,(H,30,33)(H,31,34). The van der Waals surface area contributed by atoms with Crippen LogP contribution in [0, 0.1) is 0 Å². The summed E-state index contributed by atoms with van der Waals surface area (Å²) >= 11 is 0. The van der Waals surface area contributed by atoms with Crippen molar-refractivity contribution in [3.05, 3.63) is 95.1 Å². The van der Waals surface area contributed by atoms with Crippen LogP contribution in [0.2, 0.25) is 0 Å². The number of para-hydroxylation sites is 1. The normalized spacial score (nSPS) is 15.4. The van der Waals surface area contributed by atoms with Gasteiger partial charge in [-0.05, 0) is 60.7 Å². The largest absolute Gasteiger partial charge is 0.496 e. The number of carbonyl (C=O) groups excluding carboxylic acids is 2. The van der Waals surface area contributed by atoms with Crippen molar-refractivity contribution in [2.45, 2.75) is 38.6 Å². The second kappa shape index (κ2) is 11.6. The topological polar surface area (TPSA) is 70.7 Å². The smallest absolute Gasteiger partial charge is 0.321 e. The van der Waals surface area contributed by atoms with Crippen molar-refractivity contribution in [1.29, 1.82) is 0 Å². The molecule has 6 nitrogen and oxygen atoms in total. The molecule has 35 heavy (non-hydrogen) atoms. The van der Waals surface area contributed by atoms with E-state index in [1.807, 2.05) is 77.7 Å². The van der Waals surface area contributed by atoms with Gasteiger partial charge in [-0.1, -0.05) is 49.4 Å². The summed E-state index contributed by atoms with van der Waals surface area (Å²) in [6.07, 6.45) is 2.89. The predicted octanol–water partition coefficient (Wildman–Crippen LogP) is 5.60. The van der Waals surface area contributed by atoms with Crippen molar-refractivity contribution in [2.24, 2.45) is 0 Å². The maximum absolute atomic E-state index is 12.9. The molecular weight excluding hydrogens is 438 g/mol. The number of urea groups is 1. The highest BCUT2D eigenvalue weighted by Gasteiger charge is 2.25. The SMILES string of the molecule is CCc1ccc(NC(=O)N2CCCC(c3cccc(C(=O)NCc4ccccc4OC)c3)C2)cc1. The second-order valence-electron chi connectivity index (χ2n) is 8.89. The lowest BCUT2D eigenvalue weighted by molar-refractivity contribution is 0.0950. The number of benzene rings is 3. The van der Waals surface area contributed by atoms with Gasteiger partial charge in [0.1, 0.15) is 5.75 Å². The van der Waals surface area contributed by atoms with E-state index in [0.717, 1.165) is 48.4 Å². The number of aryl methyl sites for hydroxylation is 1. The van der Waals surface area contributed by atoms with Gasteiger partial charge in [-0.15, -0.1) is 0 Å². The van der Waals surface area contributed by atoms with Crippen LogP contribution in [0.15, 0.2) is 72.8 Å². The van der Waals surface area contributed by atoms with Crippen LogP contribution in [0.5, 0.6) is 5.75 Å². The molecule has 0 spiro atoms. The molecule has 0 aliphatic carbocycles. The van der Waals surface area contributed by atoms with E-state index in [-0.39, 0.29) is 17.9 Å². The third-order valence-corrected chi connectivity index (χ3v) is 6.57. The maximum atomic E-state index is 12.9. The zero-order valence-corrected chi connectivity index (χ0v) is 20.4. The summed E-state index contributed by atoms with van der Waals surface area (Å²) in [4.78, 5) is 27.6. The summed E-state index contributed by atoms with van der Waals surface area (Å²) in [5.74, 6) is 0.820. The fourth-order valence-corrected chi connectivity index (χ4v) is 4.52. The first-order valence-electron chi connectivity index (χ1n) is 12.2. The molecule has 4 rings (SSSR count). The molecule has 0 aromatic heterocycles. The molecule has 1 aliphatic heterocycles. The van der Waals surface area contributed by atoms with Gasteiger partial charge >= 0.3 is 6.03 Å². The summed E-state index contributed by atoms with van der Waals surface area (Å²) in [7, 11) is 1.62. The zero-order valence-electron chi connectivity index (χ0n) is 20.4. The van der Waals surface area contributed by atoms with Crippen LogP contribution in [0.3, 0.4) is 0 Å². The number of amides is 3. The first-order chi connectivity index (χ1) is 17.1. The number of ether oxygens (including phenoxy) is 1. The van der Waals surface area contributed by atoms with Gasteiger partial charge in [-0.25, -0.2) is 4.79 Å².